The average Bonchev–Trinajstić information content (AvgIpc) is 2.40. The van der Waals surface area contributed by atoms with Gasteiger partial charge in [0.05, 0.1) is 0 Å². The first-order chi connectivity index (χ1) is 8.66. The molecule has 0 atom stereocenters. The lowest BCUT2D eigenvalue weighted by atomic mass is 10.1. The molecule has 1 aliphatic heterocycles. The largest absolute Gasteiger partial charge is 0.348 e. The third kappa shape index (κ3) is 3.52. The molecule has 0 bridgehead atoms. The van der Waals surface area contributed by atoms with Crippen molar-refractivity contribution in [1.29, 1.82) is 0 Å². The normalized spacial score (nSPS) is 15.1. The van der Waals surface area contributed by atoms with Crippen LogP contribution in [0.1, 0.15) is 16.8 Å². The summed E-state index contributed by atoms with van der Waals surface area (Å²) in [7, 11) is 0. The lowest BCUT2D eigenvalue weighted by Gasteiger charge is -2.14. The first-order valence-corrected chi connectivity index (χ1v) is 6.86. The minimum Gasteiger partial charge on any atom is -0.348 e. The summed E-state index contributed by atoms with van der Waals surface area (Å²) in [5.41, 5.74) is 1.58. The quantitative estimate of drug-likeness (QED) is 0.640. The van der Waals surface area contributed by atoms with Crippen molar-refractivity contribution in [3.8, 4) is 0 Å². The molecule has 2 rings (SSSR count). The highest BCUT2D eigenvalue weighted by molar-refractivity contribution is 14.1. The van der Waals surface area contributed by atoms with Gasteiger partial charge in [-0.2, -0.15) is 0 Å². The van der Waals surface area contributed by atoms with E-state index >= 15 is 0 Å². The van der Waals surface area contributed by atoms with E-state index in [1.54, 1.807) is 12.1 Å². The Morgan fingerprint density at radius 3 is 3.00 bits per heavy atom. The van der Waals surface area contributed by atoms with Crippen LogP contribution in [0.5, 0.6) is 0 Å². The van der Waals surface area contributed by atoms with Gasteiger partial charge in [-0.15, -0.1) is 0 Å². The van der Waals surface area contributed by atoms with E-state index in [-0.39, 0.29) is 11.7 Å². The summed E-state index contributed by atoms with van der Waals surface area (Å²) < 4.78 is 13.8. The lowest BCUT2D eigenvalue weighted by molar-refractivity contribution is 0.0956. The molecule has 1 aliphatic rings. The molecular formula is C13H14FIN2O. The van der Waals surface area contributed by atoms with Gasteiger partial charge in [-0.1, -0.05) is 11.6 Å². The fourth-order valence-corrected chi connectivity index (χ4v) is 2.10. The van der Waals surface area contributed by atoms with Gasteiger partial charge < -0.3 is 10.6 Å². The Bertz CT molecular complexity index is 488. The van der Waals surface area contributed by atoms with Crippen LogP contribution in [-0.2, 0) is 0 Å². The smallest absolute Gasteiger partial charge is 0.251 e. The molecule has 1 aromatic rings. The maximum atomic E-state index is 13.3. The van der Waals surface area contributed by atoms with Crippen LogP contribution in [0.25, 0.3) is 0 Å². The summed E-state index contributed by atoms with van der Waals surface area (Å²) in [6.45, 7) is 2.33. The number of carbonyl (C=O) groups excluding carboxylic acids is 1. The zero-order chi connectivity index (χ0) is 13.0. The topological polar surface area (TPSA) is 41.1 Å². The molecule has 1 heterocycles. The Labute approximate surface area is 119 Å². The van der Waals surface area contributed by atoms with Crippen LogP contribution < -0.4 is 10.6 Å². The van der Waals surface area contributed by atoms with Gasteiger partial charge in [-0.25, -0.2) is 4.39 Å². The number of halogens is 2. The van der Waals surface area contributed by atoms with Gasteiger partial charge in [-0.3, -0.25) is 4.79 Å². The van der Waals surface area contributed by atoms with Crippen LogP contribution in [-0.4, -0.2) is 25.5 Å². The number of nitrogens with one attached hydrogen (secondary N) is 2. The summed E-state index contributed by atoms with van der Waals surface area (Å²) in [5, 5.41) is 6.02. The number of hydrogen-bond acceptors (Lipinski definition) is 2. The second-order valence-electron chi connectivity index (χ2n) is 4.13. The minimum atomic E-state index is -0.357. The van der Waals surface area contributed by atoms with Crippen LogP contribution in [0.15, 0.2) is 29.8 Å². The molecular weight excluding hydrogens is 346 g/mol. The maximum Gasteiger partial charge on any atom is 0.251 e. The Kier molecular flexibility index (Phi) is 4.71. The predicted octanol–water partition coefficient (Wildman–Crippen LogP) is 2.08. The average molecular weight is 360 g/mol. The maximum absolute atomic E-state index is 13.3. The standard InChI is InChI=1S/C13H14FIN2O/c14-11-7-10(1-2-12(11)15)13(18)17-8-9-3-5-16-6-4-9/h1-3,7,16H,4-6,8H2,(H,17,18). The molecule has 0 saturated carbocycles. The van der Waals surface area contributed by atoms with Gasteiger partial charge >= 0.3 is 0 Å². The third-order valence-electron chi connectivity index (χ3n) is 2.82. The highest BCUT2D eigenvalue weighted by Crippen LogP contribution is 2.12. The van der Waals surface area contributed by atoms with Gasteiger partial charge in [-0.05, 0) is 53.8 Å². The monoisotopic (exact) mass is 360 g/mol. The highest BCUT2D eigenvalue weighted by atomic mass is 127. The molecule has 2 N–H and O–H groups in total. The fraction of sp³-hybridized carbons (Fsp3) is 0.308. The fourth-order valence-electron chi connectivity index (χ4n) is 1.76. The van der Waals surface area contributed by atoms with E-state index in [2.05, 4.69) is 16.7 Å². The molecule has 0 fully saturated rings. The van der Waals surface area contributed by atoms with Crippen LogP contribution in [0, 0.1) is 9.39 Å². The van der Waals surface area contributed by atoms with E-state index in [4.69, 9.17) is 0 Å². The van der Waals surface area contributed by atoms with Gasteiger partial charge in [0.2, 0.25) is 0 Å². The highest BCUT2D eigenvalue weighted by Gasteiger charge is 2.09. The number of amides is 1. The molecule has 0 unspecified atom stereocenters. The number of benzene rings is 1. The summed E-state index contributed by atoms with van der Waals surface area (Å²) in [6.07, 6.45) is 3.03. The Morgan fingerprint density at radius 1 is 1.50 bits per heavy atom. The first-order valence-electron chi connectivity index (χ1n) is 5.78. The van der Waals surface area contributed by atoms with Crippen molar-refractivity contribution < 1.29 is 9.18 Å². The van der Waals surface area contributed by atoms with E-state index in [0.717, 1.165) is 19.5 Å². The molecule has 5 heteroatoms. The molecule has 18 heavy (non-hydrogen) atoms. The molecule has 0 aliphatic carbocycles. The van der Waals surface area contributed by atoms with Crippen LogP contribution in [0.4, 0.5) is 4.39 Å². The molecule has 0 radical (unpaired) electrons. The summed E-state index contributed by atoms with van der Waals surface area (Å²) in [4.78, 5) is 11.8. The van der Waals surface area contributed by atoms with Crippen LogP contribution >= 0.6 is 22.6 Å². The molecule has 1 amide bonds. The van der Waals surface area contributed by atoms with Crippen molar-refractivity contribution in [2.45, 2.75) is 6.42 Å². The van der Waals surface area contributed by atoms with Crippen molar-refractivity contribution in [1.82, 2.24) is 10.6 Å². The van der Waals surface area contributed by atoms with Gasteiger partial charge in [0.25, 0.3) is 5.91 Å². The Morgan fingerprint density at radius 2 is 2.33 bits per heavy atom. The summed E-state index contributed by atoms with van der Waals surface area (Å²) in [5.74, 6) is -0.589. The van der Waals surface area contributed by atoms with Crippen molar-refractivity contribution in [3.05, 3.63) is 44.8 Å². The van der Waals surface area contributed by atoms with E-state index in [1.807, 2.05) is 22.6 Å². The molecule has 1 aromatic carbocycles. The zero-order valence-corrected chi connectivity index (χ0v) is 12.0. The van der Waals surface area contributed by atoms with E-state index in [1.165, 1.54) is 11.6 Å². The molecule has 0 aromatic heterocycles. The van der Waals surface area contributed by atoms with Crippen LogP contribution in [0.2, 0.25) is 0 Å². The van der Waals surface area contributed by atoms with E-state index < -0.39 is 0 Å². The predicted molar refractivity (Wildman–Crippen MR) is 77.0 cm³/mol. The Balaban J connectivity index is 1.95. The molecule has 96 valence electrons. The van der Waals surface area contributed by atoms with Gasteiger partial charge in [0, 0.05) is 22.2 Å². The SMILES string of the molecule is O=C(NCC1=CCNCC1)c1ccc(I)c(F)c1. The van der Waals surface area contributed by atoms with Crippen LogP contribution in [0.3, 0.4) is 0 Å². The zero-order valence-electron chi connectivity index (χ0n) is 9.80. The Hall–Kier alpha value is -0.950. The van der Waals surface area contributed by atoms with Crippen molar-refractivity contribution in [2.24, 2.45) is 0 Å². The van der Waals surface area contributed by atoms with Gasteiger partial charge in [0.1, 0.15) is 5.82 Å². The number of hydrogen-bond donors (Lipinski definition) is 2. The number of carbonyl (C=O) groups is 1. The van der Waals surface area contributed by atoms with Crippen molar-refractivity contribution in [2.75, 3.05) is 19.6 Å². The molecule has 3 nitrogen and oxygen atoms in total. The molecule has 0 saturated heterocycles. The second-order valence-corrected chi connectivity index (χ2v) is 5.29. The lowest BCUT2D eigenvalue weighted by Crippen LogP contribution is -2.29. The van der Waals surface area contributed by atoms with Crippen molar-refractivity contribution in [3.63, 3.8) is 0 Å². The third-order valence-corrected chi connectivity index (χ3v) is 3.69. The first kappa shape index (κ1) is 13.5. The van der Waals surface area contributed by atoms with Gasteiger partial charge in [0.15, 0.2) is 0 Å². The summed E-state index contributed by atoms with van der Waals surface area (Å²) in [6, 6.07) is 4.51. The van der Waals surface area contributed by atoms with E-state index in [0.29, 0.717) is 15.7 Å². The molecule has 0 spiro atoms. The second kappa shape index (κ2) is 6.29. The summed E-state index contributed by atoms with van der Waals surface area (Å²) >= 11 is 1.90. The van der Waals surface area contributed by atoms with E-state index in [9.17, 15) is 9.18 Å². The number of rotatable bonds is 3. The minimum absolute atomic E-state index is 0.232. The van der Waals surface area contributed by atoms with Crippen molar-refractivity contribution >= 4 is 28.5 Å².